The zero-order chi connectivity index (χ0) is 15.1. The minimum absolute atomic E-state index is 0.257. The van der Waals surface area contributed by atoms with Crippen LogP contribution in [0.2, 0.25) is 0 Å². The van der Waals surface area contributed by atoms with E-state index < -0.39 is 0 Å². The average molecular weight is 289 g/mol. The van der Waals surface area contributed by atoms with Crippen molar-refractivity contribution in [3.63, 3.8) is 0 Å². The molecule has 21 heavy (non-hydrogen) atoms. The van der Waals surface area contributed by atoms with E-state index in [-0.39, 0.29) is 18.7 Å². The van der Waals surface area contributed by atoms with Crippen LogP contribution in [0, 0.1) is 0 Å². The standard InChI is InChI=1S/C16H19NO4/c1-2-20-15(18)10-14-8-9-17(11-14)16(19)21-12-13-6-4-3-5-7-13/h3-7,10H,2,8-9,11-12H2,1H3. The van der Waals surface area contributed by atoms with Crippen LogP contribution in [0.5, 0.6) is 0 Å². The molecule has 1 aromatic carbocycles. The number of benzene rings is 1. The van der Waals surface area contributed by atoms with E-state index in [1.807, 2.05) is 30.3 Å². The maximum Gasteiger partial charge on any atom is 0.410 e. The molecular formula is C16H19NO4. The molecule has 1 fully saturated rings. The maximum absolute atomic E-state index is 11.9. The summed E-state index contributed by atoms with van der Waals surface area (Å²) in [6, 6.07) is 9.53. The first-order chi connectivity index (χ1) is 10.2. The molecule has 1 heterocycles. The molecule has 0 unspecified atom stereocenters. The molecule has 5 nitrogen and oxygen atoms in total. The Morgan fingerprint density at radius 1 is 1.24 bits per heavy atom. The Morgan fingerprint density at radius 3 is 2.71 bits per heavy atom. The van der Waals surface area contributed by atoms with Crippen LogP contribution in [0.4, 0.5) is 4.79 Å². The van der Waals surface area contributed by atoms with Gasteiger partial charge in [-0.25, -0.2) is 9.59 Å². The maximum atomic E-state index is 11.9. The van der Waals surface area contributed by atoms with Crippen molar-refractivity contribution in [2.75, 3.05) is 19.7 Å². The Hall–Kier alpha value is -2.30. The zero-order valence-electron chi connectivity index (χ0n) is 12.1. The molecule has 0 bridgehead atoms. The first-order valence-corrected chi connectivity index (χ1v) is 7.01. The number of hydrogen-bond acceptors (Lipinski definition) is 4. The smallest absolute Gasteiger partial charge is 0.410 e. The fourth-order valence-corrected chi connectivity index (χ4v) is 2.12. The van der Waals surface area contributed by atoms with Crippen LogP contribution in [0.1, 0.15) is 18.9 Å². The van der Waals surface area contributed by atoms with E-state index in [1.165, 1.54) is 6.08 Å². The summed E-state index contributed by atoms with van der Waals surface area (Å²) in [5.41, 5.74) is 1.84. The Bertz CT molecular complexity index is 524. The van der Waals surface area contributed by atoms with Gasteiger partial charge in [0.2, 0.25) is 0 Å². The van der Waals surface area contributed by atoms with E-state index in [0.717, 1.165) is 11.1 Å². The normalized spacial score (nSPS) is 16.0. The molecular weight excluding hydrogens is 270 g/mol. The number of carbonyl (C=O) groups is 2. The van der Waals surface area contributed by atoms with Crippen molar-refractivity contribution >= 4 is 12.1 Å². The molecule has 0 N–H and O–H groups in total. The quantitative estimate of drug-likeness (QED) is 0.631. The van der Waals surface area contributed by atoms with Crippen LogP contribution in [-0.4, -0.2) is 36.7 Å². The molecule has 1 aliphatic rings. The minimum atomic E-state index is -0.355. The van der Waals surface area contributed by atoms with Crippen molar-refractivity contribution in [1.29, 1.82) is 0 Å². The number of ether oxygens (including phenoxy) is 2. The lowest BCUT2D eigenvalue weighted by molar-refractivity contribution is -0.137. The zero-order valence-corrected chi connectivity index (χ0v) is 12.1. The Kier molecular flexibility index (Phi) is 5.37. The van der Waals surface area contributed by atoms with Gasteiger partial charge in [-0.3, -0.25) is 0 Å². The molecule has 0 spiro atoms. The van der Waals surface area contributed by atoms with Gasteiger partial charge in [0.05, 0.1) is 6.61 Å². The molecule has 0 aromatic heterocycles. The van der Waals surface area contributed by atoms with Gasteiger partial charge in [0, 0.05) is 19.2 Å². The van der Waals surface area contributed by atoms with E-state index >= 15 is 0 Å². The van der Waals surface area contributed by atoms with Gasteiger partial charge in [-0.15, -0.1) is 0 Å². The van der Waals surface area contributed by atoms with E-state index in [9.17, 15) is 9.59 Å². The highest BCUT2D eigenvalue weighted by molar-refractivity contribution is 5.83. The van der Waals surface area contributed by atoms with E-state index in [2.05, 4.69) is 0 Å². The van der Waals surface area contributed by atoms with Crippen LogP contribution in [0.15, 0.2) is 42.0 Å². The van der Waals surface area contributed by atoms with Crippen LogP contribution < -0.4 is 0 Å². The number of carbonyl (C=O) groups excluding carboxylic acids is 2. The first-order valence-electron chi connectivity index (χ1n) is 7.01. The molecule has 5 heteroatoms. The largest absolute Gasteiger partial charge is 0.463 e. The number of rotatable bonds is 4. The molecule has 1 aromatic rings. The van der Waals surface area contributed by atoms with Crippen molar-refractivity contribution in [3.05, 3.63) is 47.5 Å². The molecule has 112 valence electrons. The molecule has 1 amide bonds. The van der Waals surface area contributed by atoms with Gasteiger partial charge in [0.25, 0.3) is 0 Å². The molecule has 1 aliphatic heterocycles. The van der Waals surface area contributed by atoms with Gasteiger partial charge in [0.1, 0.15) is 6.61 Å². The van der Waals surface area contributed by atoms with E-state index in [4.69, 9.17) is 9.47 Å². The van der Waals surface area contributed by atoms with Gasteiger partial charge in [-0.2, -0.15) is 0 Å². The van der Waals surface area contributed by atoms with E-state index in [1.54, 1.807) is 11.8 Å². The molecule has 0 atom stereocenters. The molecule has 0 radical (unpaired) electrons. The first kappa shape index (κ1) is 15.1. The van der Waals surface area contributed by atoms with E-state index in [0.29, 0.717) is 26.1 Å². The predicted molar refractivity (Wildman–Crippen MR) is 77.5 cm³/mol. The van der Waals surface area contributed by atoms with Crippen LogP contribution in [0.3, 0.4) is 0 Å². The lowest BCUT2D eigenvalue weighted by Crippen LogP contribution is -2.28. The number of likely N-dealkylation sites (tertiary alicyclic amines) is 1. The lowest BCUT2D eigenvalue weighted by atomic mass is 10.2. The van der Waals surface area contributed by atoms with Gasteiger partial charge in [-0.05, 0) is 24.5 Å². The molecule has 0 aliphatic carbocycles. The van der Waals surface area contributed by atoms with Crippen LogP contribution in [0.25, 0.3) is 0 Å². The second kappa shape index (κ2) is 7.47. The number of hydrogen-bond donors (Lipinski definition) is 0. The van der Waals surface area contributed by atoms with Crippen LogP contribution in [-0.2, 0) is 20.9 Å². The van der Waals surface area contributed by atoms with Crippen molar-refractivity contribution in [3.8, 4) is 0 Å². The van der Waals surface area contributed by atoms with Crippen molar-refractivity contribution in [2.24, 2.45) is 0 Å². The lowest BCUT2D eigenvalue weighted by Gasteiger charge is -2.14. The second-order valence-corrected chi connectivity index (χ2v) is 4.77. The predicted octanol–water partition coefficient (Wildman–Crippen LogP) is 2.52. The molecule has 2 rings (SSSR count). The molecule has 0 saturated carbocycles. The van der Waals surface area contributed by atoms with Crippen molar-refractivity contribution in [1.82, 2.24) is 4.90 Å². The second-order valence-electron chi connectivity index (χ2n) is 4.77. The fourth-order valence-electron chi connectivity index (χ4n) is 2.12. The Balaban J connectivity index is 1.81. The van der Waals surface area contributed by atoms with Crippen molar-refractivity contribution in [2.45, 2.75) is 20.0 Å². The minimum Gasteiger partial charge on any atom is -0.463 e. The third kappa shape index (κ3) is 4.63. The highest BCUT2D eigenvalue weighted by Gasteiger charge is 2.23. The highest BCUT2D eigenvalue weighted by Crippen LogP contribution is 2.16. The number of nitrogens with zero attached hydrogens (tertiary/aromatic N) is 1. The monoisotopic (exact) mass is 289 g/mol. The fraction of sp³-hybridized carbons (Fsp3) is 0.375. The summed E-state index contributed by atoms with van der Waals surface area (Å²) in [6.07, 6.45) is 1.79. The SMILES string of the molecule is CCOC(=O)C=C1CCN(C(=O)OCc2ccccc2)C1. The molecule has 1 saturated heterocycles. The third-order valence-electron chi connectivity index (χ3n) is 3.17. The van der Waals surface area contributed by atoms with Crippen molar-refractivity contribution < 1.29 is 19.1 Å². The summed E-state index contributed by atoms with van der Waals surface area (Å²) in [6.45, 7) is 3.36. The summed E-state index contributed by atoms with van der Waals surface area (Å²) in [5, 5.41) is 0. The van der Waals surface area contributed by atoms with Gasteiger partial charge in [-0.1, -0.05) is 30.3 Å². The number of esters is 1. The summed E-state index contributed by atoms with van der Waals surface area (Å²) in [7, 11) is 0. The highest BCUT2D eigenvalue weighted by atomic mass is 16.6. The summed E-state index contributed by atoms with van der Waals surface area (Å²) in [4.78, 5) is 24.9. The Labute approximate surface area is 124 Å². The number of amides is 1. The van der Waals surface area contributed by atoms with Gasteiger partial charge in [0.15, 0.2) is 0 Å². The summed E-state index contributed by atoms with van der Waals surface area (Å²) >= 11 is 0. The summed E-state index contributed by atoms with van der Waals surface area (Å²) in [5.74, 6) is -0.355. The third-order valence-corrected chi connectivity index (χ3v) is 3.17. The van der Waals surface area contributed by atoms with Crippen LogP contribution >= 0.6 is 0 Å². The van der Waals surface area contributed by atoms with Gasteiger partial charge >= 0.3 is 12.1 Å². The average Bonchev–Trinajstić information content (AvgIpc) is 2.94. The topological polar surface area (TPSA) is 55.8 Å². The summed E-state index contributed by atoms with van der Waals surface area (Å²) < 4.78 is 10.1. The Morgan fingerprint density at radius 2 is 2.00 bits per heavy atom. The van der Waals surface area contributed by atoms with Gasteiger partial charge < -0.3 is 14.4 Å².